The van der Waals surface area contributed by atoms with Crippen LogP contribution in [0.15, 0.2) is 12.1 Å². The Morgan fingerprint density at radius 1 is 1.20 bits per heavy atom. The number of alkyl halides is 1. The third kappa shape index (κ3) is 4.05. The van der Waals surface area contributed by atoms with E-state index >= 15 is 0 Å². The predicted octanol–water partition coefficient (Wildman–Crippen LogP) is 4.41. The minimum Gasteiger partial charge on any atom is -0.314 e. The Morgan fingerprint density at radius 3 is 2.40 bits per heavy atom. The van der Waals surface area contributed by atoms with Crippen molar-refractivity contribution in [3.05, 3.63) is 34.4 Å². The molecule has 2 rings (SSSR count). The number of benzene rings is 1. The van der Waals surface area contributed by atoms with E-state index in [0.29, 0.717) is 18.9 Å². The number of halogens is 1. The Hall–Kier alpha value is -0.890. The van der Waals surface area contributed by atoms with Gasteiger partial charge in [0.05, 0.1) is 0 Å². The molecule has 1 aliphatic rings. The van der Waals surface area contributed by atoms with E-state index in [-0.39, 0.29) is 0 Å². The monoisotopic (exact) mass is 277 g/mol. The first-order valence-electron chi connectivity index (χ1n) is 7.86. The Bertz CT molecular complexity index is 435. The van der Waals surface area contributed by atoms with Crippen molar-refractivity contribution in [3.8, 4) is 0 Å². The van der Waals surface area contributed by atoms with Crippen LogP contribution < -0.4 is 5.32 Å². The molecule has 2 heteroatoms. The first-order valence-corrected chi connectivity index (χ1v) is 7.86. The molecule has 112 valence electrons. The lowest BCUT2D eigenvalue weighted by Crippen LogP contribution is -2.40. The van der Waals surface area contributed by atoms with Gasteiger partial charge in [0, 0.05) is 12.5 Å². The van der Waals surface area contributed by atoms with Crippen LogP contribution in [0.3, 0.4) is 0 Å². The number of piperidine rings is 1. The number of hydrogen-bond acceptors (Lipinski definition) is 1. The molecule has 2 unspecified atom stereocenters. The standard InChI is InChI=1S/C18H28FN/c1-13-9-14(2)17(15(3)10-13)12-18(4,19)11-16-7-5-6-8-20-16/h9-10,16,20H,5-8,11-12H2,1-4H3. The summed E-state index contributed by atoms with van der Waals surface area (Å²) in [5.41, 5.74) is 3.78. The molecule has 2 atom stereocenters. The third-order valence-corrected chi connectivity index (χ3v) is 4.47. The van der Waals surface area contributed by atoms with Crippen molar-refractivity contribution in [2.75, 3.05) is 6.54 Å². The largest absolute Gasteiger partial charge is 0.314 e. The zero-order valence-electron chi connectivity index (χ0n) is 13.4. The highest BCUT2D eigenvalue weighted by atomic mass is 19.1. The normalized spacial score (nSPS) is 22.6. The first kappa shape index (κ1) is 15.5. The van der Waals surface area contributed by atoms with Gasteiger partial charge < -0.3 is 5.32 Å². The third-order valence-electron chi connectivity index (χ3n) is 4.47. The van der Waals surface area contributed by atoms with Gasteiger partial charge >= 0.3 is 0 Å². The molecule has 20 heavy (non-hydrogen) atoms. The van der Waals surface area contributed by atoms with Crippen molar-refractivity contribution in [2.45, 2.75) is 71.5 Å². The molecule has 0 radical (unpaired) electrons. The zero-order valence-corrected chi connectivity index (χ0v) is 13.4. The van der Waals surface area contributed by atoms with Gasteiger partial charge in [0.25, 0.3) is 0 Å². The van der Waals surface area contributed by atoms with E-state index in [0.717, 1.165) is 13.0 Å². The lowest BCUT2D eigenvalue weighted by atomic mass is 9.85. The number of nitrogens with one attached hydrogen (secondary N) is 1. The maximum absolute atomic E-state index is 15.0. The molecule has 0 saturated carbocycles. The molecule has 1 aliphatic heterocycles. The summed E-state index contributed by atoms with van der Waals surface area (Å²) in [4.78, 5) is 0. The molecule has 0 spiro atoms. The van der Waals surface area contributed by atoms with Crippen molar-refractivity contribution in [1.29, 1.82) is 0 Å². The van der Waals surface area contributed by atoms with Gasteiger partial charge in [0.2, 0.25) is 0 Å². The Labute approximate surface area is 123 Å². The average molecular weight is 277 g/mol. The van der Waals surface area contributed by atoms with Gasteiger partial charge in [-0.25, -0.2) is 4.39 Å². The summed E-state index contributed by atoms with van der Waals surface area (Å²) in [7, 11) is 0. The van der Waals surface area contributed by atoms with Crippen LogP contribution in [0.2, 0.25) is 0 Å². The fourth-order valence-electron chi connectivity index (χ4n) is 3.54. The topological polar surface area (TPSA) is 12.0 Å². The van der Waals surface area contributed by atoms with Crippen LogP contribution in [0.4, 0.5) is 4.39 Å². The van der Waals surface area contributed by atoms with E-state index in [2.05, 4.69) is 38.2 Å². The van der Waals surface area contributed by atoms with Crippen molar-refractivity contribution in [1.82, 2.24) is 5.32 Å². The highest BCUT2D eigenvalue weighted by molar-refractivity contribution is 5.38. The molecule has 1 aromatic rings. The summed E-state index contributed by atoms with van der Waals surface area (Å²) in [6.45, 7) is 9.12. The van der Waals surface area contributed by atoms with Crippen molar-refractivity contribution in [2.24, 2.45) is 0 Å². The van der Waals surface area contributed by atoms with E-state index in [1.807, 2.05) is 0 Å². The second kappa shape index (κ2) is 6.26. The van der Waals surface area contributed by atoms with Crippen LogP contribution in [0.25, 0.3) is 0 Å². The number of hydrogen-bond donors (Lipinski definition) is 1. The maximum atomic E-state index is 15.0. The van der Waals surface area contributed by atoms with Crippen LogP contribution in [-0.4, -0.2) is 18.3 Å². The predicted molar refractivity (Wildman–Crippen MR) is 84.1 cm³/mol. The summed E-state index contributed by atoms with van der Waals surface area (Å²) in [6.07, 6.45) is 4.74. The lowest BCUT2D eigenvalue weighted by molar-refractivity contribution is 0.145. The molecule has 0 aromatic heterocycles. The van der Waals surface area contributed by atoms with Gasteiger partial charge in [0.1, 0.15) is 5.67 Å². The van der Waals surface area contributed by atoms with Crippen LogP contribution >= 0.6 is 0 Å². The summed E-state index contributed by atoms with van der Waals surface area (Å²) in [5.74, 6) is 0. The molecule has 1 nitrogen and oxygen atoms in total. The zero-order chi connectivity index (χ0) is 14.8. The SMILES string of the molecule is Cc1cc(C)c(CC(C)(F)CC2CCCCN2)c(C)c1. The molecule has 0 amide bonds. The van der Waals surface area contributed by atoms with E-state index < -0.39 is 5.67 Å². The second-order valence-corrected chi connectivity index (χ2v) is 6.82. The number of rotatable bonds is 4. The highest BCUT2D eigenvalue weighted by Crippen LogP contribution is 2.29. The van der Waals surface area contributed by atoms with Crippen LogP contribution in [-0.2, 0) is 6.42 Å². The molecular formula is C18H28FN. The highest BCUT2D eigenvalue weighted by Gasteiger charge is 2.29. The molecule has 0 aliphatic carbocycles. The fourth-order valence-corrected chi connectivity index (χ4v) is 3.54. The van der Waals surface area contributed by atoms with E-state index in [1.54, 1.807) is 6.92 Å². The minimum atomic E-state index is -1.13. The summed E-state index contributed by atoms with van der Waals surface area (Å²) < 4.78 is 15.0. The van der Waals surface area contributed by atoms with E-state index in [4.69, 9.17) is 0 Å². The van der Waals surface area contributed by atoms with E-state index in [1.165, 1.54) is 35.1 Å². The van der Waals surface area contributed by atoms with Gasteiger partial charge in [-0.15, -0.1) is 0 Å². The molecular weight excluding hydrogens is 249 g/mol. The Morgan fingerprint density at radius 2 is 1.85 bits per heavy atom. The molecule has 0 bridgehead atoms. The van der Waals surface area contributed by atoms with Crippen LogP contribution in [0.5, 0.6) is 0 Å². The fraction of sp³-hybridized carbons (Fsp3) is 0.667. The summed E-state index contributed by atoms with van der Waals surface area (Å²) >= 11 is 0. The van der Waals surface area contributed by atoms with Gasteiger partial charge in [-0.3, -0.25) is 0 Å². The van der Waals surface area contributed by atoms with Gasteiger partial charge in [-0.2, -0.15) is 0 Å². The van der Waals surface area contributed by atoms with Gasteiger partial charge in [-0.05, 0) is 70.2 Å². The minimum absolute atomic E-state index is 0.352. The number of aryl methyl sites for hydroxylation is 3. The Balaban J connectivity index is 2.07. The van der Waals surface area contributed by atoms with Crippen LogP contribution in [0.1, 0.15) is 54.9 Å². The lowest BCUT2D eigenvalue weighted by Gasteiger charge is -2.30. The van der Waals surface area contributed by atoms with E-state index in [9.17, 15) is 4.39 Å². The molecule has 1 fully saturated rings. The first-order chi connectivity index (χ1) is 9.37. The van der Waals surface area contributed by atoms with Gasteiger partial charge in [0.15, 0.2) is 0 Å². The molecule has 1 saturated heterocycles. The molecule has 1 aromatic carbocycles. The molecule has 1 heterocycles. The molecule has 1 N–H and O–H groups in total. The van der Waals surface area contributed by atoms with Crippen molar-refractivity contribution in [3.63, 3.8) is 0 Å². The smallest absolute Gasteiger partial charge is 0.113 e. The maximum Gasteiger partial charge on any atom is 0.113 e. The Kier molecular flexibility index (Phi) is 4.85. The second-order valence-electron chi connectivity index (χ2n) is 6.82. The van der Waals surface area contributed by atoms with Gasteiger partial charge in [-0.1, -0.05) is 24.1 Å². The van der Waals surface area contributed by atoms with Crippen molar-refractivity contribution < 1.29 is 4.39 Å². The summed E-state index contributed by atoms with van der Waals surface area (Å²) in [5, 5.41) is 3.46. The van der Waals surface area contributed by atoms with Crippen molar-refractivity contribution >= 4 is 0 Å². The van der Waals surface area contributed by atoms with Crippen LogP contribution in [0, 0.1) is 20.8 Å². The average Bonchev–Trinajstić information content (AvgIpc) is 2.34. The summed E-state index contributed by atoms with van der Waals surface area (Å²) in [6, 6.07) is 4.68. The quantitative estimate of drug-likeness (QED) is 0.859.